The van der Waals surface area contributed by atoms with Gasteiger partial charge in [-0.2, -0.15) is 0 Å². The van der Waals surface area contributed by atoms with Crippen molar-refractivity contribution in [3.63, 3.8) is 0 Å². The molecule has 48 heavy (non-hydrogen) atoms. The molecule has 9 rings (SSSR count). The topological polar surface area (TPSA) is 38.7 Å². The van der Waals surface area contributed by atoms with E-state index in [4.69, 9.17) is 15.0 Å². The van der Waals surface area contributed by atoms with Crippen molar-refractivity contribution in [3.8, 4) is 56.4 Å². The van der Waals surface area contributed by atoms with E-state index in [1.54, 1.807) is 0 Å². The van der Waals surface area contributed by atoms with E-state index in [0.717, 1.165) is 32.8 Å². The van der Waals surface area contributed by atoms with E-state index in [0.29, 0.717) is 17.5 Å². The second-order valence-corrected chi connectivity index (χ2v) is 12.1. The lowest BCUT2D eigenvalue weighted by atomic mass is 9.95. The Morgan fingerprint density at radius 2 is 0.729 bits per heavy atom. The highest BCUT2D eigenvalue weighted by Crippen LogP contribution is 2.36. The zero-order valence-electron chi connectivity index (χ0n) is 26.1. The fourth-order valence-electron chi connectivity index (χ4n) is 6.65. The zero-order chi connectivity index (χ0) is 31.9. The van der Waals surface area contributed by atoms with Crippen LogP contribution in [0.15, 0.2) is 176 Å². The number of hydrogen-bond donors (Lipinski definition) is 0. The molecule has 0 aliphatic rings. The van der Waals surface area contributed by atoms with Crippen molar-refractivity contribution in [2.24, 2.45) is 0 Å². The van der Waals surface area contributed by atoms with Crippen LogP contribution in [0.3, 0.4) is 0 Å². The SMILES string of the molecule is c1ccc(-c2nc(-c3ccc4ccc(-c5ccc6ccccc6c5)cc4c3)nc(-c3cccc4c(-c5ccccc5)cccc34)n2)cc1. The highest BCUT2D eigenvalue weighted by Gasteiger charge is 2.16. The maximum atomic E-state index is 5.15. The Morgan fingerprint density at radius 1 is 0.250 bits per heavy atom. The summed E-state index contributed by atoms with van der Waals surface area (Å²) in [6.07, 6.45) is 0. The fourth-order valence-corrected chi connectivity index (χ4v) is 6.65. The first-order chi connectivity index (χ1) is 23.8. The Morgan fingerprint density at radius 3 is 1.44 bits per heavy atom. The average Bonchev–Trinajstić information content (AvgIpc) is 3.17. The number of nitrogens with zero attached hydrogens (tertiary/aromatic N) is 3. The lowest BCUT2D eigenvalue weighted by molar-refractivity contribution is 1.08. The van der Waals surface area contributed by atoms with Gasteiger partial charge in [0.25, 0.3) is 0 Å². The van der Waals surface area contributed by atoms with E-state index in [9.17, 15) is 0 Å². The van der Waals surface area contributed by atoms with E-state index in [-0.39, 0.29) is 0 Å². The summed E-state index contributed by atoms with van der Waals surface area (Å²) in [6.45, 7) is 0. The molecular formula is C45H29N3. The van der Waals surface area contributed by atoms with Crippen LogP contribution in [0.4, 0.5) is 0 Å². The second-order valence-electron chi connectivity index (χ2n) is 12.1. The van der Waals surface area contributed by atoms with E-state index >= 15 is 0 Å². The van der Waals surface area contributed by atoms with E-state index in [1.165, 1.54) is 38.4 Å². The van der Waals surface area contributed by atoms with E-state index in [1.807, 2.05) is 18.2 Å². The molecule has 0 aliphatic carbocycles. The van der Waals surface area contributed by atoms with Crippen LogP contribution in [0.1, 0.15) is 0 Å². The van der Waals surface area contributed by atoms with Gasteiger partial charge in [0.1, 0.15) is 0 Å². The van der Waals surface area contributed by atoms with Gasteiger partial charge in [-0.15, -0.1) is 0 Å². The molecule has 3 heteroatoms. The molecule has 0 N–H and O–H groups in total. The Balaban J connectivity index is 1.20. The van der Waals surface area contributed by atoms with Gasteiger partial charge in [0.15, 0.2) is 17.5 Å². The van der Waals surface area contributed by atoms with Crippen LogP contribution in [0.5, 0.6) is 0 Å². The van der Waals surface area contributed by atoms with Gasteiger partial charge in [-0.1, -0.05) is 158 Å². The highest BCUT2D eigenvalue weighted by atomic mass is 15.0. The van der Waals surface area contributed by atoms with Crippen molar-refractivity contribution in [3.05, 3.63) is 176 Å². The summed E-state index contributed by atoms with van der Waals surface area (Å²) in [5.41, 5.74) is 7.61. The van der Waals surface area contributed by atoms with Gasteiger partial charge in [-0.25, -0.2) is 15.0 Å². The molecule has 1 heterocycles. The van der Waals surface area contributed by atoms with Gasteiger partial charge < -0.3 is 0 Å². The van der Waals surface area contributed by atoms with Crippen molar-refractivity contribution in [2.75, 3.05) is 0 Å². The third kappa shape index (κ3) is 5.08. The Bertz CT molecular complexity index is 2610. The molecule has 3 nitrogen and oxygen atoms in total. The molecule has 0 amide bonds. The quantitative estimate of drug-likeness (QED) is 0.194. The Labute approximate surface area is 278 Å². The third-order valence-corrected chi connectivity index (χ3v) is 9.10. The van der Waals surface area contributed by atoms with Crippen LogP contribution >= 0.6 is 0 Å². The Hall–Kier alpha value is -6.45. The van der Waals surface area contributed by atoms with Crippen LogP contribution in [-0.4, -0.2) is 15.0 Å². The maximum Gasteiger partial charge on any atom is 0.164 e. The predicted octanol–water partition coefficient (Wildman–Crippen LogP) is 11.7. The maximum absolute atomic E-state index is 5.15. The number of hydrogen-bond acceptors (Lipinski definition) is 3. The molecule has 0 atom stereocenters. The summed E-state index contributed by atoms with van der Waals surface area (Å²) in [7, 11) is 0. The van der Waals surface area contributed by atoms with Crippen molar-refractivity contribution in [1.82, 2.24) is 15.0 Å². The second kappa shape index (κ2) is 11.7. The standard InChI is InChI=1S/C45H29N3/c1-3-12-32(13-4-1)39-17-9-19-41-40(39)18-10-20-42(41)45-47-43(33-14-5-2-6-15-33)46-44(48-45)37-26-23-31-22-25-36(28-38(31)29-37)35-24-21-30-11-7-8-16-34(30)27-35/h1-29H. The molecule has 1 aromatic heterocycles. The average molecular weight is 612 g/mol. The normalized spacial score (nSPS) is 11.3. The molecule has 0 bridgehead atoms. The molecule has 0 spiro atoms. The summed E-state index contributed by atoms with van der Waals surface area (Å²) in [5, 5.41) is 7.05. The van der Waals surface area contributed by atoms with Crippen molar-refractivity contribution in [2.45, 2.75) is 0 Å². The molecule has 224 valence electrons. The van der Waals surface area contributed by atoms with E-state index in [2.05, 4.69) is 158 Å². The van der Waals surface area contributed by atoms with Crippen LogP contribution in [0.2, 0.25) is 0 Å². The molecule has 0 radical (unpaired) electrons. The lowest BCUT2D eigenvalue weighted by Crippen LogP contribution is -2.00. The third-order valence-electron chi connectivity index (χ3n) is 9.10. The number of aromatic nitrogens is 3. The van der Waals surface area contributed by atoms with Gasteiger partial charge in [0.2, 0.25) is 0 Å². The summed E-state index contributed by atoms with van der Waals surface area (Å²) in [5.74, 6) is 1.95. The molecule has 0 saturated carbocycles. The highest BCUT2D eigenvalue weighted by molar-refractivity contribution is 6.04. The van der Waals surface area contributed by atoms with Crippen LogP contribution in [-0.2, 0) is 0 Å². The predicted molar refractivity (Wildman–Crippen MR) is 200 cm³/mol. The molecule has 0 saturated heterocycles. The van der Waals surface area contributed by atoms with Gasteiger partial charge >= 0.3 is 0 Å². The van der Waals surface area contributed by atoms with Crippen LogP contribution in [0, 0.1) is 0 Å². The zero-order valence-corrected chi connectivity index (χ0v) is 26.1. The summed E-state index contributed by atoms with van der Waals surface area (Å²) in [6, 6.07) is 61.8. The Kier molecular flexibility index (Phi) is 6.80. The molecule has 0 aliphatic heterocycles. The van der Waals surface area contributed by atoms with Crippen molar-refractivity contribution < 1.29 is 0 Å². The monoisotopic (exact) mass is 611 g/mol. The lowest BCUT2D eigenvalue weighted by Gasteiger charge is -2.13. The van der Waals surface area contributed by atoms with Gasteiger partial charge in [-0.05, 0) is 72.8 Å². The molecule has 8 aromatic carbocycles. The van der Waals surface area contributed by atoms with Crippen LogP contribution < -0.4 is 0 Å². The van der Waals surface area contributed by atoms with E-state index < -0.39 is 0 Å². The first-order valence-electron chi connectivity index (χ1n) is 16.2. The van der Waals surface area contributed by atoms with Crippen molar-refractivity contribution >= 4 is 32.3 Å². The van der Waals surface area contributed by atoms with Crippen LogP contribution in [0.25, 0.3) is 88.7 Å². The largest absolute Gasteiger partial charge is 0.208 e. The first kappa shape index (κ1) is 27.8. The van der Waals surface area contributed by atoms with Gasteiger partial charge in [-0.3, -0.25) is 0 Å². The number of benzene rings is 8. The van der Waals surface area contributed by atoms with Gasteiger partial charge in [0, 0.05) is 16.7 Å². The molecular weight excluding hydrogens is 583 g/mol. The fraction of sp³-hybridized carbons (Fsp3) is 0. The smallest absolute Gasteiger partial charge is 0.164 e. The van der Waals surface area contributed by atoms with Crippen molar-refractivity contribution in [1.29, 1.82) is 0 Å². The minimum atomic E-state index is 0.646. The molecule has 0 unspecified atom stereocenters. The summed E-state index contributed by atoms with van der Waals surface area (Å²) < 4.78 is 0. The van der Waals surface area contributed by atoms with Gasteiger partial charge in [0.05, 0.1) is 0 Å². The molecule has 9 aromatic rings. The minimum Gasteiger partial charge on any atom is -0.208 e. The minimum absolute atomic E-state index is 0.646. The first-order valence-corrected chi connectivity index (χ1v) is 16.2. The number of fused-ring (bicyclic) bond motifs is 3. The molecule has 0 fully saturated rings. The number of rotatable bonds is 5. The summed E-state index contributed by atoms with van der Waals surface area (Å²) >= 11 is 0. The summed E-state index contributed by atoms with van der Waals surface area (Å²) in [4.78, 5) is 15.3.